The number of benzene rings is 3. The first-order chi connectivity index (χ1) is 16.3. The number of nitrogens with zero attached hydrogens (tertiary/aromatic N) is 2. The van der Waals surface area contributed by atoms with Crippen molar-refractivity contribution in [1.29, 1.82) is 0 Å². The Morgan fingerprint density at radius 3 is 2.52 bits per heavy atom. The molecule has 3 aromatic carbocycles. The van der Waals surface area contributed by atoms with Crippen molar-refractivity contribution in [1.82, 2.24) is 10.2 Å². The van der Waals surface area contributed by atoms with Crippen molar-refractivity contribution in [2.75, 3.05) is 19.9 Å². The Hall–Kier alpha value is -4.06. The zero-order valence-electron chi connectivity index (χ0n) is 18.0. The van der Waals surface area contributed by atoms with Gasteiger partial charge in [0.05, 0.1) is 18.3 Å². The lowest BCUT2D eigenvalue weighted by Crippen LogP contribution is -2.33. The van der Waals surface area contributed by atoms with Crippen molar-refractivity contribution in [2.24, 2.45) is 4.99 Å². The van der Waals surface area contributed by atoms with Gasteiger partial charge in [-0.25, -0.2) is 0 Å². The van der Waals surface area contributed by atoms with Crippen LogP contribution in [-0.4, -0.2) is 36.4 Å². The van der Waals surface area contributed by atoms with E-state index in [2.05, 4.69) is 17.4 Å². The lowest BCUT2D eigenvalue weighted by atomic mass is 9.91. The second-order valence-electron chi connectivity index (χ2n) is 8.25. The smallest absolute Gasteiger partial charge is 0.271 e. The highest BCUT2D eigenvalue weighted by atomic mass is 16.7. The third-order valence-corrected chi connectivity index (χ3v) is 6.22. The summed E-state index contributed by atoms with van der Waals surface area (Å²) in [5.41, 5.74) is 5.47. The van der Waals surface area contributed by atoms with E-state index in [1.165, 1.54) is 0 Å². The monoisotopic (exact) mass is 437 g/mol. The number of ether oxygens (including phenoxy) is 2. The molecular formula is C27H23N3O3. The number of aliphatic imine (C=N–C) groups is 1. The Kier molecular flexibility index (Phi) is 4.83. The Morgan fingerprint density at radius 1 is 0.939 bits per heavy atom. The molecule has 0 aromatic heterocycles. The van der Waals surface area contributed by atoms with Gasteiger partial charge in [-0.3, -0.25) is 9.79 Å². The predicted molar refractivity (Wildman–Crippen MR) is 125 cm³/mol. The molecule has 0 saturated carbocycles. The summed E-state index contributed by atoms with van der Waals surface area (Å²) in [5, 5.41) is 3.38. The van der Waals surface area contributed by atoms with Crippen LogP contribution in [0.15, 0.2) is 95.1 Å². The van der Waals surface area contributed by atoms with E-state index in [0.29, 0.717) is 31.1 Å². The molecule has 0 saturated heterocycles. The second-order valence-corrected chi connectivity index (χ2v) is 8.25. The van der Waals surface area contributed by atoms with Crippen molar-refractivity contribution in [3.63, 3.8) is 0 Å². The molecular weight excluding hydrogens is 414 g/mol. The van der Waals surface area contributed by atoms with Gasteiger partial charge in [-0.2, -0.15) is 0 Å². The van der Waals surface area contributed by atoms with E-state index < -0.39 is 0 Å². The Labute approximate surface area is 192 Å². The molecule has 164 valence electrons. The highest BCUT2D eigenvalue weighted by Gasteiger charge is 2.43. The summed E-state index contributed by atoms with van der Waals surface area (Å²) in [5.74, 6) is 1.42. The van der Waals surface area contributed by atoms with Gasteiger partial charge < -0.3 is 19.7 Å². The van der Waals surface area contributed by atoms with Crippen LogP contribution in [0.3, 0.4) is 0 Å². The summed E-state index contributed by atoms with van der Waals surface area (Å²) in [6.07, 6.45) is 0. The van der Waals surface area contributed by atoms with E-state index in [9.17, 15) is 4.79 Å². The summed E-state index contributed by atoms with van der Waals surface area (Å²) >= 11 is 0. The van der Waals surface area contributed by atoms with Crippen LogP contribution in [0.2, 0.25) is 0 Å². The van der Waals surface area contributed by atoms with Gasteiger partial charge in [-0.05, 0) is 23.3 Å². The molecule has 3 aromatic rings. The first kappa shape index (κ1) is 19.6. The maximum absolute atomic E-state index is 13.8. The number of carbonyl (C=O) groups excluding carboxylic acids is 1. The van der Waals surface area contributed by atoms with Crippen LogP contribution in [-0.2, 0) is 11.3 Å². The minimum Gasteiger partial charge on any atom is -0.454 e. The highest BCUT2D eigenvalue weighted by Crippen LogP contribution is 2.43. The maximum atomic E-state index is 13.8. The third kappa shape index (κ3) is 3.44. The first-order valence-electron chi connectivity index (χ1n) is 11.1. The summed E-state index contributed by atoms with van der Waals surface area (Å²) in [6.45, 7) is 1.93. The van der Waals surface area contributed by atoms with Crippen LogP contribution in [0.25, 0.3) is 0 Å². The standard InChI is InChI=1S/C27H23N3O3/c31-27-25-23(24(28-13-14-29-25)19-9-5-2-6-10-19)26(30(27)16-18-7-3-1-4-8-18)20-11-12-21-22(15-20)33-17-32-21/h1-12,15,26,29H,13-14,16-17H2. The van der Waals surface area contributed by atoms with Gasteiger partial charge in [0.15, 0.2) is 11.5 Å². The summed E-state index contributed by atoms with van der Waals surface area (Å²) in [4.78, 5) is 20.6. The highest BCUT2D eigenvalue weighted by molar-refractivity contribution is 6.19. The van der Waals surface area contributed by atoms with Crippen LogP contribution in [0, 0.1) is 0 Å². The zero-order chi connectivity index (χ0) is 22.2. The van der Waals surface area contributed by atoms with Crippen LogP contribution in [0.5, 0.6) is 11.5 Å². The maximum Gasteiger partial charge on any atom is 0.271 e. The minimum atomic E-state index is -0.299. The van der Waals surface area contributed by atoms with Gasteiger partial charge in [0, 0.05) is 24.2 Å². The summed E-state index contributed by atoms with van der Waals surface area (Å²) in [7, 11) is 0. The van der Waals surface area contributed by atoms with E-state index in [0.717, 1.165) is 33.7 Å². The Balaban J connectivity index is 1.51. The van der Waals surface area contributed by atoms with Gasteiger partial charge in [0.1, 0.15) is 5.70 Å². The van der Waals surface area contributed by atoms with Gasteiger partial charge in [0.25, 0.3) is 5.91 Å². The molecule has 1 N–H and O–H groups in total. The second kappa shape index (κ2) is 8.13. The molecule has 1 amide bonds. The lowest BCUT2D eigenvalue weighted by molar-refractivity contribution is -0.128. The van der Waals surface area contributed by atoms with Crippen LogP contribution >= 0.6 is 0 Å². The summed E-state index contributed by atoms with van der Waals surface area (Å²) in [6, 6.07) is 25.8. The fourth-order valence-corrected chi connectivity index (χ4v) is 4.74. The molecule has 6 rings (SSSR count). The molecule has 0 radical (unpaired) electrons. The number of amides is 1. The number of hydrogen-bond acceptors (Lipinski definition) is 5. The zero-order valence-corrected chi connectivity index (χ0v) is 18.0. The molecule has 33 heavy (non-hydrogen) atoms. The van der Waals surface area contributed by atoms with Gasteiger partial charge in [0.2, 0.25) is 6.79 Å². The van der Waals surface area contributed by atoms with E-state index in [-0.39, 0.29) is 18.7 Å². The average molecular weight is 437 g/mol. The molecule has 3 aliphatic heterocycles. The van der Waals surface area contributed by atoms with Gasteiger partial charge in [-0.15, -0.1) is 0 Å². The van der Waals surface area contributed by atoms with Crippen molar-refractivity contribution < 1.29 is 14.3 Å². The van der Waals surface area contributed by atoms with Gasteiger partial charge >= 0.3 is 0 Å². The van der Waals surface area contributed by atoms with Crippen LogP contribution in [0.4, 0.5) is 0 Å². The Morgan fingerprint density at radius 2 is 1.70 bits per heavy atom. The SMILES string of the molecule is O=C1C2=C(C(c3ccccc3)=NCCN2)C(c2ccc3c(c2)OCO3)N1Cc1ccccc1. The van der Waals surface area contributed by atoms with Crippen molar-refractivity contribution in [3.8, 4) is 11.5 Å². The van der Waals surface area contributed by atoms with E-state index in [1.807, 2.05) is 71.6 Å². The first-order valence-corrected chi connectivity index (χ1v) is 11.1. The fourth-order valence-electron chi connectivity index (χ4n) is 4.74. The molecule has 0 fully saturated rings. The van der Waals surface area contributed by atoms with Crippen LogP contribution < -0.4 is 14.8 Å². The third-order valence-electron chi connectivity index (χ3n) is 6.22. The quantitative estimate of drug-likeness (QED) is 0.674. The van der Waals surface area contributed by atoms with Crippen molar-refractivity contribution in [2.45, 2.75) is 12.6 Å². The van der Waals surface area contributed by atoms with E-state index >= 15 is 0 Å². The predicted octanol–water partition coefficient (Wildman–Crippen LogP) is 3.85. The van der Waals surface area contributed by atoms with Crippen molar-refractivity contribution >= 4 is 11.6 Å². The minimum absolute atomic E-state index is 0.0120. The molecule has 3 aliphatic rings. The number of fused-ring (bicyclic) bond motifs is 1. The molecule has 0 spiro atoms. The average Bonchev–Trinajstić information content (AvgIpc) is 3.35. The number of carbonyl (C=O) groups is 1. The van der Waals surface area contributed by atoms with Gasteiger partial charge in [-0.1, -0.05) is 66.7 Å². The van der Waals surface area contributed by atoms with E-state index in [1.54, 1.807) is 0 Å². The molecule has 3 heterocycles. The number of rotatable bonds is 4. The fraction of sp³-hybridized carbons (Fsp3) is 0.185. The Bertz CT molecular complexity index is 1270. The normalized spacial score (nSPS) is 19.2. The number of hydrogen-bond donors (Lipinski definition) is 1. The van der Waals surface area contributed by atoms with Crippen molar-refractivity contribution in [3.05, 3.63) is 107 Å². The molecule has 1 atom stereocenters. The molecule has 6 heteroatoms. The lowest BCUT2D eigenvalue weighted by Gasteiger charge is -2.28. The molecule has 1 unspecified atom stereocenters. The van der Waals surface area contributed by atoms with E-state index in [4.69, 9.17) is 14.5 Å². The summed E-state index contributed by atoms with van der Waals surface area (Å²) < 4.78 is 11.2. The number of nitrogens with one attached hydrogen (secondary N) is 1. The largest absolute Gasteiger partial charge is 0.454 e. The topological polar surface area (TPSA) is 63.2 Å². The molecule has 6 nitrogen and oxygen atoms in total. The molecule has 0 bridgehead atoms. The molecule has 0 aliphatic carbocycles. The van der Waals surface area contributed by atoms with Crippen LogP contribution in [0.1, 0.15) is 22.7 Å².